The van der Waals surface area contributed by atoms with Crippen LogP contribution in [0.4, 0.5) is 10.1 Å². The van der Waals surface area contributed by atoms with E-state index in [4.69, 9.17) is 6.57 Å². The van der Waals surface area contributed by atoms with Gasteiger partial charge in [-0.1, -0.05) is 12.1 Å². The van der Waals surface area contributed by atoms with Crippen molar-refractivity contribution in [1.82, 2.24) is 5.06 Å². The lowest BCUT2D eigenvalue weighted by molar-refractivity contribution is -0.0757. The fourth-order valence-corrected chi connectivity index (χ4v) is 0.995. The Kier molecular flexibility index (Phi) is 3.37. The van der Waals surface area contributed by atoms with Gasteiger partial charge in [-0.15, -0.1) is 0 Å². The molecule has 0 atom stereocenters. The average molecular weight is 208 g/mol. The van der Waals surface area contributed by atoms with Crippen LogP contribution in [0.1, 0.15) is 10.4 Å². The van der Waals surface area contributed by atoms with Crippen LogP contribution in [-0.2, 0) is 4.84 Å². The highest BCUT2D eigenvalue weighted by Gasteiger charge is 2.13. The van der Waals surface area contributed by atoms with Gasteiger partial charge in [0, 0.05) is 12.6 Å². The summed E-state index contributed by atoms with van der Waals surface area (Å²) in [5.41, 5.74) is 0.0378. The molecule has 0 bridgehead atoms. The maximum absolute atomic E-state index is 13.2. The highest BCUT2D eigenvalue weighted by atomic mass is 19.1. The Morgan fingerprint density at radius 2 is 2.27 bits per heavy atom. The predicted octanol–water partition coefficient (Wildman–Crippen LogP) is 2.01. The summed E-state index contributed by atoms with van der Waals surface area (Å²) >= 11 is 0. The summed E-state index contributed by atoms with van der Waals surface area (Å²) in [7, 11) is 2.75. The summed E-state index contributed by atoms with van der Waals surface area (Å²) in [6.45, 7) is 6.65. The summed E-state index contributed by atoms with van der Waals surface area (Å²) in [4.78, 5) is 19.1. The molecule has 1 aromatic rings. The second-order valence-electron chi connectivity index (χ2n) is 2.76. The van der Waals surface area contributed by atoms with Crippen LogP contribution in [0.15, 0.2) is 18.2 Å². The standard InChI is InChI=1S/C10H9FN2O2/c1-12-9-5-4-7(6-8(9)11)10(14)13(2)15-3/h4-6H,2-3H3. The number of carbonyl (C=O) groups excluding carboxylic acids is 1. The third-order valence-electron chi connectivity index (χ3n) is 1.87. The van der Waals surface area contributed by atoms with Gasteiger partial charge in [0.25, 0.3) is 5.91 Å². The van der Waals surface area contributed by atoms with Crippen molar-refractivity contribution in [3.05, 3.63) is 41.0 Å². The van der Waals surface area contributed by atoms with Crippen LogP contribution in [0.3, 0.4) is 0 Å². The molecule has 0 spiro atoms. The van der Waals surface area contributed by atoms with Crippen molar-refractivity contribution in [2.24, 2.45) is 0 Å². The van der Waals surface area contributed by atoms with Gasteiger partial charge in [0.05, 0.1) is 13.7 Å². The lowest BCUT2D eigenvalue weighted by Crippen LogP contribution is -2.25. The minimum atomic E-state index is -0.708. The zero-order valence-electron chi connectivity index (χ0n) is 8.32. The largest absolute Gasteiger partial charge is 0.277 e. The zero-order valence-corrected chi connectivity index (χ0v) is 8.32. The quantitative estimate of drug-likeness (QED) is 0.550. The van der Waals surface area contributed by atoms with E-state index in [1.54, 1.807) is 0 Å². The van der Waals surface area contributed by atoms with E-state index in [-0.39, 0.29) is 11.3 Å². The number of rotatable bonds is 2. The van der Waals surface area contributed by atoms with Crippen LogP contribution in [0.2, 0.25) is 0 Å². The molecule has 5 heteroatoms. The third kappa shape index (κ3) is 2.30. The number of amides is 1. The molecule has 1 rings (SSSR count). The van der Waals surface area contributed by atoms with Gasteiger partial charge < -0.3 is 0 Å². The lowest BCUT2D eigenvalue weighted by Gasteiger charge is -2.13. The van der Waals surface area contributed by atoms with E-state index in [2.05, 4.69) is 9.68 Å². The second-order valence-corrected chi connectivity index (χ2v) is 2.76. The van der Waals surface area contributed by atoms with Crippen LogP contribution in [0.25, 0.3) is 4.85 Å². The van der Waals surface area contributed by atoms with Crippen LogP contribution < -0.4 is 0 Å². The molecule has 1 amide bonds. The van der Waals surface area contributed by atoms with Gasteiger partial charge in [-0.2, -0.15) is 0 Å². The lowest BCUT2D eigenvalue weighted by atomic mass is 10.2. The number of nitrogens with zero attached hydrogens (tertiary/aromatic N) is 2. The number of hydroxylamine groups is 2. The third-order valence-corrected chi connectivity index (χ3v) is 1.87. The first-order valence-corrected chi connectivity index (χ1v) is 4.09. The van der Waals surface area contributed by atoms with E-state index >= 15 is 0 Å². The molecule has 0 radical (unpaired) electrons. The van der Waals surface area contributed by atoms with Gasteiger partial charge in [0.1, 0.15) is 5.82 Å². The van der Waals surface area contributed by atoms with Gasteiger partial charge in [-0.3, -0.25) is 9.63 Å². The molecule has 0 N–H and O–H groups in total. The van der Waals surface area contributed by atoms with Gasteiger partial charge in [0.2, 0.25) is 5.69 Å². The molecule has 0 aliphatic rings. The molecule has 0 unspecified atom stereocenters. The number of hydrogen-bond donors (Lipinski definition) is 0. The maximum atomic E-state index is 13.2. The van der Waals surface area contributed by atoms with Gasteiger partial charge in [-0.05, 0) is 6.07 Å². The number of carbonyl (C=O) groups is 1. The van der Waals surface area contributed by atoms with E-state index in [1.165, 1.54) is 26.3 Å². The molecule has 0 aliphatic carbocycles. The highest BCUT2D eigenvalue weighted by Crippen LogP contribution is 2.19. The fraction of sp³-hybridized carbons (Fsp3) is 0.200. The topological polar surface area (TPSA) is 33.9 Å². The monoisotopic (exact) mass is 208 g/mol. The van der Waals surface area contributed by atoms with E-state index in [1.807, 2.05) is 0 Å². The molecule has 0 fully saturated rings. The molecule has 0 aliphatic heterocycles. The van der Waals surface area contributed by atoms with Crippen molar-refractivity contribution in [1.29, 1.82) is 0 Å². The summed E-state index contributed by atoms with van der Waals surface area (Å²) in [5, 5.41) is 0.978. The molecule has 0 aromatic heterocycles. The van der Waals surface area contributed by atoms with Gasteiger partial charge in [-0.25, -0.2) is 14.3 Å². The molecule has 0 saturated carbocycles. The summed E-state index contributed by atoms with van der Waals surface area (Å²) < 4.78 is 13.2. The van der Waals surface area contributed by atoms with Crippen molar-refractivity contribution >= 4 is 11.6 Å². The molecule has 0 saturated heterocycles. The van der Waals surface area contributed by atoms with Crippen LogP contribution in [-0.4, -0.2) is 25.1 Å². The Morgan fingerprint density at radius 3 is 2.73 bits per heavy atom. The Balaban J connectivity index is 3.04. The Labute approximate surface area is 86.6 Å². The van der Waals surface area contributed by atoms with Gasteiger partial charge >= 0.3 is 0 Å². The summed E-state index contributed by atoms with van der Waals surface area (Å²) in [6, 6.07) is 3.67. The van der Waals surface area contributed by atoms with Crippen molar-refractivity contribution in [3.8, 4) is 0 Å². The Morgan fingerprint density at radius 1 is 1.60 bits per heavy atom. The van der Waals surface area contributed by atoms with E-state index in [0.29, 0.717) is 0 Å². The van der Waals surface area contributed by atoms with Crippen LogP contribution in [0, 0.1) is 12.4 Å². The highest BCUT2D eigenvalue weighted by molar-refractivity contribution is 5.93. The zero-order chi connectivity index (χ0) is 11.4. The van der Waals surface area contributed by atoms with Crippen molar-refractivity contribution in [2.75, 3.05) is 14.2 Å². The van der Waals surface area contributed by atoms with Crippen LogP contribution in [0.5, 0.6) is 0 Å². The molecule has 0 heterocycles. The predicted molar refractivity (Wildman–Crippen MR) is 51.8 cm³/mol. The summed E-state index contributed by atoms with van der Waals surface area (Å²) in [6.07, 6.45) is 0. The second kappa shape index (κ2) is 4.53. The molecule has 4 nitrogen and oxygen atoms in total. The SMILES string of the molecule is [C-]#[N+]c1ccc(C(=O)N(C)OC)cc1F. The van der Waals surface area contributed by atoms with E-state index in [9.17, 15) is 9.18 Å². The van der Waals surface area contributed by atoms with Crippen molar-refractivity contribution in [2.45, 2.75) is 0 Å². The van der Waals surface area contributed by atoms with Crippen molar-refractivity contribution < 1.29 is 14.0 Å². The molecule has 78 valence electrons. The molecular formula is C10H9FN2O2. The fourth-order valence-electron chi connectivity index (χ4n) is 0.995. The first kappa shape index (κ1) is 11.1. The van der Waals surface area contributed by atoms with Crippen molar-refractivity contribution in [3.63, 3.8) is 0 Å². The molecule has 1 aromatic carbocycles. The smallest absolute Gasteiger partial charge is 0.274 e. The normalized spacial score (nSPS) is 9.47. The van der Waals surface area contributed by atoms with Crippen LogP contribution >= 0.6 is 0 Å². The molecule has 15 heavy (non-hydrogen) atoms. The maximum Gasteiger partial charge on any atom is 0.277 e. The number of hydrogen-bond acceptors (Lipinski definition) is 2. The van der Waals surface area contributed by atoms with E-state index < -0.39 is 11.7 Å². The number of benzene rings is 1. The first-order valence-electron chi connectivity index (χ1n) is 4.09. The number of halogens is 1. The molecular weight excluding hydrogens is 199 g/mol. The van der Waals surface area contributed by atoms with Gasteiger partial charge in [0.15, 0.2) is 0 Å². The minimum absolute atomic E-state index is 0.105. The Bertz CT molecular complexity index is 426. The first-order chi connectivity index (χ1) is 7.10. The Hall–Kier alpha value is -1.93. The average Bonchev–Trinajstić information content (AvgIpc) is 2.26. The summed E-state index contributed by atoms with van der Waals surface area (Å²) in [5.74, 6) is -1.17. The minimum Gasteiger partial charge on any atom is -0.274 e. The van der Waals surface area contributed by atoms with E-state index in [0.717, 1.165) is 11.1 Å².